The molecule has 0 aliphatic rings. The van der Waals surface area contributed by atoms with Gasteiger partial charge in [-0.15, -0.1) is 0 Å². The van der Waals surface area contributed by atoms with E-state index in [2.05, 4.69) is 4.98 Å². The Bertz CT molecular complexity index is 839. The molecule has 0 saturated heterocycles. The van der Waals surface area contributed by atoms with E-state index < -0.39 is 5.91 Å². The van der Waals surface area contributed by atoms with Gasteiger partial charge in [0, 0.05) is 5.02 Å². The lowest BCUT2D eigenvalue weighted by atomic mass is 10.1. The number of amides is 1. The van der Waals surface area contributed by atoms with Crippen molar-refractivity contribution < 1.29 is 4.79 Å². The van der Waals surface area contributed by atoms with Crippen LogP contribution < -0.4 is 5.73 Å². The second-order valence-corrected chi connectivity index (χ2v) is 5.28. The summed E-state index contributed by atoms with van der Waals surface area (Å²) in [5.41, 5.74) is 8.36. The molecule has 1 heterocycles. The minimum absolute atomic E-state index is 0.438. The zero-order chi connectivity index (χ0) is 15.0. The maximum Gasteiger partial charge on any atom is 0.250 e. The maximum atomic E-state index is 11.5. The summed E-state index contributed by atoms with van der Waals surface area (Å²) >= 11 is 6.22. The Kier molecular flexibility index (Phi) is 3.39. The van der Waals surface area contributed by atoms with Crippen LogP contribution in [0.1, 0.15) is 21.7 Å². The van der Waals surface area contributed by atoms with E-state index >= 15 is 0 Å². The van der Waals surface area contributed by atoms with E-state index in [1.54, 1.807) is 6.07 Å². The minimum Gasteiger partial charge on any atom is -0.366 e. The first-order chi connectivity index (χ1) is 10.1. The van der Waals surface area contributed by atoms with Gasteiger partial charge in [0.1, 0.15) is 11.3 Å². The van der Waals surface area contributed by atoms with Gasteiger partial charge in [0.25, 0.3) is 5.91 Å². The van der Waals surface area contributed by atoms with Gasteiger partial charge in [0.2, 0.25) is 0 Å². The molecular weight excluding hydrogens is 286 g/mol. The zero-order valence-corrected chi connectivity index (χ0v) is 12.3. The molecule has 4 nitrogen and oxygen atoms in total. The molecule has 5 heteroatoms. The van der Waals surface area contributed by atoms with Crippen LogP contribution in [0.2, 0.25) is 5.02 Å². The lowest BCUT2D eigenvalue weighted by Gasteiger charge is -2.08. The van der Waals surface area contributed by atoms with Crippen molar-refractivity contribution in [2.75, 3.05) is 0 Å². The molecule has 0 saturated carbocycles. The molecule has 0 unspecified atom stereocenters. The molecule has 0 atom stereocenters. The summed E-state index contributed by atoms with van der Waals surface area (Å²) in [5, 5.41) is 0.713. The fourth-order valence-corrected chi connectivity index (χ4v) is 2.65. The third-order valence-electron chi connectivity index (χ3n) is 3.52. The van der Waals surface area contributed by atoms with E-state index in [1.165, 1.54) is 0 Å². The molecule has 2 aromatic carbocycles. The number of para-hydroxylation sites is 1. The summed E-state index contributed by atoms with van der Waals surface area (Å²) in [5.74, 6) is 0.349. The van der Waals surface area contributed by atoms with E-state index in [9.17, 15) is 4.79 Å². The molecule has 3 rings (SSSR count). The number of rotatable bonds is 3. The van der Waals surface area contributed by atoms with Gasteiger partial charge in [-0.05, 0) is 30.7 Å². The molecule has 0 radical (unpaired) electrons. The number of carbonyl (C=O) groups is 1. The Hall–Kier alpha value is -2.33. The summed E-state index contributed by atoms with van der Waals surface area (Å²) < 4.78 is 2.03. The Morgan fingerprint density at radius 2 is 2.00 bits per heavy atom. The standard InChI is InChI=1S/C16H14ClN3O/c1-10-19-15-12(16(18)21)6-4-8-14(15)20(10)9-11-5-2-3-7-13(11)17/h2-8H,9H2,1H3,(H2,18,21). The Morgan fingerprint density at radius 3 is 2.71 bits per heavy atom. The van der Waals surface area contributed by atoms with Crippen molar-refractivity contribution in [2.24, 2.45) is 5.73 Å². The van der Waals surface area contributed by atoms with Gasteiger partial charge < -0.3 is 10.3 Å². The Labute approximate surface area is 127 Å². The highest BCUT2D eigenvalue weighted by Gasteiger charge is 2.14. The molecule has 0 spiro atoms. The quantitative estimate of drug-likeness (QED) is 0.807. The third kappa shape index (κ3) is 2.38. The van der Waals surface area contributed by atoms with Gasteiger partial charge in [-0.3, -0.25) is 4.79 Å². The number of hydrogen-bond acceptors (Lipinski definition) is 2. The molecule has 21 heavy (non-hydrogen) atoms. The van der Waals surface area contributed by atoms with Crippen LogP contribution in [0.5, 0.6) is 0 Å². The van der Waals surface area contributed by atoms with Gasteiger partial charge >= 0.3 is 0 Å². The van der Waals surface area contributed by atoms with E-state index in [4.69, 9.17) is 17.3 Å². The second kappa shape index (κ2) is 5.22. The molecule has 0 aliphatic carbocycles. The van der Waals surface area contributed by atoms with Crippen molar-refractivity contribution >= 4 is 28.5 Å². The summed E-state index contributed by atoms with van der Waals surface area (Å²) in [6.45, 7) is 2.51. The number of benzene rings is 2. The highest BCUT2D eigenvalue weighted by atomic mass is 35.5. The molecule has 3 aromatic rings. The van der Waals surface area contributed by atoms with Crippen LogP contribution in [0.4, 0.5) is 0 Å². The van der Waals surface area contributed by atoms with Crippen molar-refractivity contribution in [3.8, 4) is 0 Å². The zero-order valence-electron chi connectivity index (χ0n) is 11.5. The van der Waals surface area contributed by atoms with Gasteiger partial charge in [-0.25, -0.2) is 4.98 Å². The number of carbonyl (C=O) groups excluding carboxylic acids is 1. The Morgan fingerprint density at radius 1 is 1.24 bits per heavy atom. The van der Waals surface area contributed by atoms with Gasteiger partial charge in [-0.2, -0.15) is 0 Å². The molecule has 1 amide bonds. The average Bonchev–Trinajstić information content (AvgIpc) is 2.77. The highest BCUT2D eigenvalue weighted by Crippen LogP contribution is 2.23. The number of primary amides is 1. The van der Waals surface area contributed by atoms with Crippen LogP contribution in [0.3, 0.4) is 0 Å². The first kappa shape index (κ1) is 13.6. The molecule has 1 aromatic heterocycles. The van der Waals surface area contributed by atoms with Gasteiger partial charge in [0.15, 0.2) is 0 Å². The summed E-state index contributed by atoms with van der Waals surface area (Å²) in [6, 6.07) is 13.1. The monoisotopic (exact) mass is 299 g/mol. The molecule has 2 N–H and O–H groups in total. The summed E-state index contributed by atoms with van der Waals surface area (Å²) in [4.78, 5) is 16.0. The first-order valence-corrected chi connectivity index (χ1v) is 6.95. The molecule has 0 aliphatic heterocycles. The Balaban J connectivity index is 2.16. The highest BCUT2D eigenvalue weighted by molar-refractivity contribution is 6.31. The summed E-state index contributed by atoms with van der Waals surface area (Å²) in [6.07, 6.45) is 0. The topological polar surface area (TPSA) is 60.9 Å². The molecular formula is C16H14ClN3O. The SMILES string of the molecule is Cc1nc2c(C(N)=O)cccc2n1Cc1ccccc1Cl. The van der Waals surface area contributed by atoms with Crippen molar-refractivity contribution in [1.29, 1.82) is 0 Å². The van der Waals surface area contributed by atoms with Crippen molar-refractivity contribution in [3.05, 3.63) is 64.4 Å². The molecule has 106 valence electrons. The predicted octanol–water partition coefficient (Wildman–Crippen LogP) is 3.15. The largest absolute Gasteiger partial charge is 0.366 e. The number of aromatic nitrogens is 2. The molecule has 0 fully saturated rings. The number of fused-ring (bicyclic) bond motifs is 1. The third-order valence-corrected chi connectivity index (χ3v) is 3.89. The van der Waals surface area contributed by atoms with Crippen molar-refractivity contribution in [3.63, 3.8) is 0 Å². The van der Waals surface area contributed by atoms with Crippen LogP contribution in [0.15, 0.2) is 42.5 Å². The van der Waals surface area contributed by atoms with Crippen molar-refractivity contribution in [1.82, 2.24) is 9.55 Å². The molecule has 0 bridgehead atoms. The van der Waals surface area contributed by atoms with E-state index in [0.29, 0.717) is 22.6 Å². The fraction of sp³-hybridized carbons (Fsp3) is 0.125. The fourth-order valence-electron chi connectivity index (χ4n) is 2.46. The average molecular weight is 300 g/mol. The number of halogens is 1. The minimum atomic E-state index is -0.469. The van der Waals surface area contributed by atoms with Gasteiger partial charge in [0.05, 0.1) is 17.6 Å². The number of aryl methyl sites for hydroxylation is 1. The van der Waals surface area contributed by atoms with E-state index in [1.807, 2.05) is 47.9 Å². The van der Waals surface area contributed by atoms with Crippen LogP contribution >= 0.6 is 11.6 Å². The number of hydrogen-bond donors (Lipinski definition) is 1. The van der Waals surface area contributed by atoms with Gasteiger partial charge in [-0.1, -0.05) is 35.9 Å². The lowest BCUT2D eigenvalue weighted by Crippen LogP contribution is -2.11. The second-order valence-electron chi connectivity index (χ2n) is 4.87. The summed E-state index contributed by atoms with van der Waals surface area (Å²) in [7, 11) is 0. The number of nitrogens with two attached hydrogens (primary N) is 1. The van der Waals surface area contributed by atoms with Crippen LogP contribution in [-0.4, -0.2) is 15.5 Å². The van der Waals surface area contributed by atoms with Crippen LogP contribution in [0.25, 0.3) is 11.0 Å². The smallest absolute Gasteiger partial charge is 0.250 e. The normalized spacial score (nSPS) is 11.0. The number of imidazole rings is 1. The van der Waals surface area contributed by atoms with E-state index in [-0.39, 0.29) is 0 Å². The van der Waals surface area contributed by atoms with Crippen LogP contribution in [-0.2, 0) is 6.54 Å². The van der Waals surface area contributed by atoms with Crippen molar-refractivity contribution in [2.45, 2.75) is 13.5 Å². The van der Waals surface area contributed by atoms with E-state index in [0.717, 1.165) is 16.9 Å². The lowest BCUT2D eigenvalue weighted by molar-refractivity contribution is 0.100. The van der Waals surface area contributed by atoms with Crippen LogP contribution in [0, 0.1) is 6.92 Å². The first-order valence-electron chi connectivity index (χ1n) is 6.57. The predicted molar refractivity (Wildman–Crippen MR) is 83.5 cm³/mol. The maximum absolute atomic E-state index is 11.5. The number of nitrogens with zero attached hydrogens (tertiary/aromatic N) is 2.